The summed E-state index contributed by atoms with van der Waals surface area (Å²) in [6, 6.07) is 0. The summed E-state index contributed by atoms with van der Waals surface area (Å²) in [6.07, 6.45) is 98.5. The Bertz CT molecular complexity index is 1780. The van der Waals surface area contributed by atoms with Crippen LogP contribution in [0.2, 0.25) is 0 Å². The summed E-state index contributed by atoms with van der Waals surface area (Å²) >= 11 is 0. The minimum Gasteiger partial charge on any atom is -0.462 e. The number of rotatable bonds is 60. The molecule has 0 amide bonds. The van der Waals surface area contributed by atoms with E-state index in [2.05, 4.69) is 167 Å². The maximum atomic E-state index is 12.9. The number of allylic oxidation sites excluding steroid dienone is 24. The van der Waals surface area contributed by atoms with Gasteiger partial charge < -0.3 is 14.2 Å². The Morgan fingerprint density at radius 3 is 0.780 bits per heavy atom. The standard InChI is InChI=1S/C76H124O6/c1-4-7-10-13-16-19-22-25-28-30-31-32-33-34-35-36-37-38-39-40-41-42-43-44-45-47-48-51-54-57-60-63-66-69-75(78)81-72-73(71-80-74(77)68-65-62-59-56-53-50-27-24-21-18-15-12-9-6-3)82-76(79)70-67-64-61-58-55-52-49-46-29-26-23-20-17-14-11-8-5-2/h7,10,16-17,19-20,24-29,31-32,34-35,37-38,40-41,43-44,47-48,73H,4-6,8-9,11-15,18,21-23,30,33,36,39,42,45-46,49-72H2,1-3H3/b10-7-,19-16-,20-17-,27-24-,28-25-,29-26-,32-31-,35-34-,38-37-,41-40-,44-43-,48-47-. The van der Waals surface area contributed by atoms with E-state index in [1.54, 1.807) is 0 Å². The van der Waals surface area contributed by atoms with Crippen LogP contribution >= 0.6 is 0 Å². The van der Waals surface area contributed by atoms with E-state index in [-0.39, 0.29) is 31.1 Å². The zero-order valence-electron chi connectivity index (χ0n) is 53.2. The van der Waals surface area contributed by atoms with Crippen LogP contribution in [0.3, 0.4) is 0 Å². The fourth-order valence-corrected chi connectivity index (χ4v) is 8.99. The average Bonchev–Trinajstić information content (AvgIpc) is 3.47. The summed E-state index contributed by atoms with van der Waals surface area (Å²) in [5.74, 6) is -0.928. The lowest BCUT2D eigenvalue weighted by Crippen LogP contribution is -2.30. The first-order chi connectivity index (χ1) is 40.5. The maximum absolute atomic E-state index is 12.9. The van der Waals surface area contributed by atoms with Gasteiger partial charge in [-0.25, -0.2) is 0 Å². The summed E-state index contributed by atoms with van der Waals surface area (Å²) in [7, 11) is 0. The summed E-state index contributed by atoms with van der Waals surface area (Å²) in [6.45, 7) is 6.47. The molecule has 0 saturated heterocycles. The van der Waals surface area contributed by atoms with Gasteiger partial charge in [0.2, 0.25) is 0 Å². The molecule has 0 spiro atoms. The lowest BCUT2D eigenvalue weighted by Gasteiger charge is -2.18. The van der Waals surface area contributed by atoms with Gasteiger partial charge in [0, 0.05) is 19.3 Å². The van der Waals surface area contributed by atoms with E-state index in [4.69, 9.17) is 14.2 Å². The van der Waals surface area contributed by atoms with E-state index < -0.39 is 6.10 Å². The van der Waals surface area contributed by atoms with Gasteiger partial charge in [-0.1, -0.05) is 276 Å². The molecule has 0 radical (unpaired) electrons. The highest BCUT2D eigenvalue weighted by molar-refractivity contribution is 5.71. The molecule has 0 saturated carbocycles. The SMILES string of the molecule is CC/C=C\C/C=C\C/C=C\C/C=C\C/C=C\C/C=C\C/C=C\C/C=C\C/C=C\CCCCCCCC(=O)OCC(COC(=O)CCCCCCC/C=C\CCCCCCC)OC(=O)CCCCCCCCC/C=C\C/C=C\CCCCC. The fraction of sp³-hybridized carbons (Fsp3) is 0.645. The Labute approximate surface area is 506 Å². The largest absolute Gasteiger partial charge is 0.462 e. The van der Waals surface area contributed by atoms with Crippen molar-refractivity contribution in [1.82, 2.24) is 0 Å². The van der Waals surface area contributed by atoms with Crippen molar-refractivity contribution in [3.8, 4) is 0 Å². The van der Waals surface area contributed by atoms with Gasteiger partial charge in [0.15, 0.2) is 6.10 Å². The second-order valence-corrected chi connectivity index (χ2v) is 22.0. The van der Waals surface area contributed by atoms with E-state index in [1.165, 1.54) is 96.3 Å². The van der Waals surface area contributed by atoms with Gasteiger partial charge in [0.25, 0.3) is 0 Å². The van der Waals surface area contributed by atoms with Crippen molar-refractivity contribution in [2.45, 2.75) is 303 Å². The molecule has 1 unspecified atom stereocenters. The zero-order valence-corrected chi connectivity index (χ0v) is 53.2. The number of esters is 3. The average molecular weight is 1130 g/mol. The molecule has 464 valence electrons. The van der Waals surface area contributed by atoms with Crippen molar-refractivity contribution in [3.05, 3.63) is 146 Å². The zero-order chi connectivity index (χ0) is 59.2. The highest BCUT2D eigenvalue weighted by Gasteiger charge is 2.19. The Kier molecular flexibility index (Phi) is 64.8. The van der Waals surface area contributed by atoms with Crippen LogP contribution in [0.15, 0.2) is 146 Å². The van der Waals surface area contributed by atoms with Gasteiger partial charge in [-0.15, -0.1) is 0 Å². The van der Waals surface area contributed by atoms with E-state index in [0.717, 1.165) is 161 Å². The topological polar surface area (TPSA) is 78.9 Å². The van der Waals surface area contributed by atoms with Crippen LogP contribution < -0.4 is 0 Å². The van der Waals surface area contributed by atoms with Crippen molar-refractivity contribution in [1.29, 1.82) is 0 Å². The van der Waals surface area contributed by atoms with Gasteiger partial charge in [-0.3, -0.25) is 14.4 Å². The lowest BCUT2D eigenvalue weighted by molar-refractivity contribution is -0.167. The fourth-order valence-electron chi connectivity index (χ4n) is 8.99. The molecule has 0 aromatic carbocycles. The van der Waals surface area contributed by atoms with Gasteiger partial charge >= 0.3 is 17.9 Å². The molecular formula is C76H124O6. The van der Waals surface area contributed by atoms with E-state index in [9.17, 15) is 14.4 Å². The van der Waals surface area contributed by atoms with Crippen LogP contribution in [0.5, 0.6) is 0 Å². The van der Waals surface area contributed by atoms with Gasteiger partial charge in [0.05, 0.1) is 0 Å². The van der Waals surface area contributed by atoms with Crippen molar-refractivity contribution in [2.75, 3.05) is 13.2 Å². The summed E-state index contributed by atoms with van der Waals surface area (Å²) in [5, 5.41) is 0. The number of carbonyl (C=O) groups is 3. The van der Waals surface area contributed by atoms with Gasteiger partial charge in [0.1, 0.15) is 13.2 Å². The van der Waals surface area contributed by atoms with Gasteiger partial charge in [-0.05, 0) is 148 Å². The second-order valence-electron chi connectivity index (χ2n) is 22.0. The molecule has 0 rings (SSSR count). The molecule has 1 atom stereocenters. The Hall–Kier alpha value is -4.71. The third kappa shape index (κ3) is 66.1. The number of hydrogen-bond acceptors (Lipinski definition) is 6. The second kappa shape index (κ2) is 68.8. The molecule has 82 heavy (non-hydrogen) atoms. The van der Waals surface area contributed by atoms with Crippen LogP contribution in [-0.2, 0) is 28.6 Å². The Balaban J connectivity index is 4.36. The van der Waals surface area contributed by atoms with Crippen molar-refractivity contribution >= 4 is 17.9 Å². The normalized spacial score (nSPS) is 13.1. The predicted molar refractivity (Wildman–Crippen MR) is 357 cm³/mol. The number of carbonyl (C=O) groups excluding carboxylic acids is 3. The smallest absolute Gasteiger partial charge is 0.306 e. The number of ether oxygens (including phenoxy) is 3. The molecule has 0 aromatic rings. The quantitative estimate of drug-likeness (QED) is 0.0261. The Morgan fingerprint density at radius 2 is 0.476 bits per heavy atom. The van der Waals surface area contributed by atoms with Crippen molar-refractivity contribution < 1.29 is 28.6 Å². The third-order valence-corrected chi connectivity index (χ3v) is 14.0. The maximum Gasteiger partial charge on any atom is 0.306 e. The van der Waals surface area contributed by atoms with E-state index in [0.29, 0.717) is 19.3 Å². The minimum absolute atomic E-state index is 0.0951. The molecule has 0 aliphatic heterocycles. The van der Waals surface area contributed by atoms with E-state index in [1.807, 2.05) is 0 Å². The van der Waals surface area contributed by atoms with Crippen LogP contribution in [-0.4, -0.2) is 37.2 Å². The monoisotopic (exact) mass is 1130 g/mol. The third-order valence-electron chi connectivity index (χ3n) is 14.0. The molecule has 0 heterocycles. The van der Waals surface area contributed by atoms with Crippen molar-refractivity contribution in [3.63, 3.8) is 0 Å². The Morgan fingerprint density at radius 1 is 0.256 bits per heavy atom. The molecule has 0 fully saturated rings. The highest BCUT2D eigenvalue weighted by atomic mass is 16.6. The molecule has 6 heteroatoms. The lowest BCUT2D eigenvalue weighted by atomic mass is 10.1. The predicted octanol–water partition coefficient (Wildman–Crippen LogP) is 23.5. The molecular weight excluding hydrogens is 1010 g/mol. The molecule has 0 aliphatic carbocycles. The first-order valence-corrected chi connectivity index (χ1v) is 33.8. The summed E-state index contributed by atoms with van der Waals surface area (Å²) < 4.78 is 16.9. The van der Waals surface area contributed by atoms with Crippen LogP contribution in [0.4, 0.5) is 0 Å². The molecule has 0 bridgehead atoms. The summed E-state index contributed by atoms with van der Waals surface area (Å²) in [5.41, 5.74) is 0. The molecule has 6 nitrogen and oxygen atoms in total. The number of hydrogen-bond donors (Lipinski definition) is 0. The summed E-state index contributed by atoms with van der Waals surface area (Å²) in [4.78, 5) is 38.3. The van der Waals surface area contributed by atoms with Crippen LogP contribution in [0.1, 0.15) is 297 Å². The molecule has 0 N–H and O–H groups in total. The molecule has 0 aliphatic rings. The van der Waals surface area contributed by atoms with Gasteiger partial charge in [-0.2, -0.15) is 0 Å². The number of unbranched alkanes of at least 4 members (excludes halogenated alkanes) is 25. The first kappa shape index (κ1) is 77.3. The van der Waals surface area contributed by atoms with Crippen LogP contribution in [0, 0.1) is 0 Å². The highest BCUT2D eigenvalue weighted by Crippen LogP contribution is 2.15. The minimum atomic E-state index is -0.800. The molecule has 0 aromatic heterocycles. The van der Waals surface area contributed by atoms with E-state index >= 15 is 0 Å². The first-order valence-electron chi connectivity index (χ1n) is 33.8. The van der Waals surface area contributed by atoms with Crippen molar-refractivity contribution in [2.24, 2.45) is 0 Å². The van der Waals surface area contributed by atoms with Crippen LogP contribution in [0.25, 0.3) is 0 Å².